The highest BCUT2D eigenvalue weighted by molar-refractivity contribution is 5.15. The lowest BCUT2D eigenvalue weighted by molar-refractivity contribution is 0.0736. The fourth-order valence-corrected chi connectivity index (χ4v) is 1.23. The van der Waals surface area contributed by atoms with Crippen LogP contribution >= 0.6 is 0 Å². The molecule has 1 heterocycles. The number of hydrogen-bond acceptors (Lipinski definition) is 3. The first-order chi connectivity index (χ1) is 6.89. The first kappa shape index (κ1) is 12.1. The van der Waals surface area contributed by atoms with Crippen LogP contribution in [0.2, 0.25) is 0 Å². The molecule has 0 fully saturated rings. The highest BCUT2D eigenvalue weighted by Crippen LogP contribution is 2.16. The highest BCUT2D eigenvalue weighted by Gasteiger charge is 2.17. The van der Waals surface area contributed by atoms with Gasteiger partial charge in [0.1, 0.15) is 5.60 Å². The standard InChI is InChI=1S/C12H20N2O/c1-9(2)13-8-10-6-5-7-11(14-10)12(3,4)15/h5-7,9,13,15H,8H2,1-4H3. The van der Waals surface area contributed by atoms with Gasteiger partial charge >= 0.3 is 0 Å². The van der Waals surface area contributed by atoms with Crippen LogP contribution < -0.4 is 5.32 Å². The van der Waals surface area contributed by atoms with Gasteiger partial charge in [0.05, 0.1) is 11.4 Å². The Morgan fingerprint density at radius 1 is 1.40 bits per heavy atom. The number of pyridine rings is 1. The summed E-state index contributed by atoms with van der Waals surface area (Å²) in [6.45, 7) is 8.42. The van der Waals surface area contributed by atoms with Gasteiger partial charge in [0.2, 0.25) is 0 Å². The maximum absolute atomic E-state index is 9.81. The Hall–Kier alpha value is -0.930. The fourth-order valence-electron chi connectivity index (χ4n) is 1.23. The molecule has 0 spiro atoms. The van der Waals surface area contributed by atoms with E-state index in [0.29, 0.717) is 11.7 Å². The molecule has 0 bridgehead atoms. The lowest BCUT2D eigenvalue weighted by Gasteiger charge is -2.17. The summed E-state index contributed by atoms with van der Waals surface area (Å²) < 4.78 is 0. The van der Waals surface area contributed by atoms with E-state index in [9.17, 15) is 5.11 Å². The number of aromatic nitrogens is 1. The SMILES string of the molecule is CC(C)NCc1cccc(C(C)(C)O)n1. The third kappa shape index (κ3) is 3.98. The third-order valence-electron chi connectivity index (χ3n) is 2.13. The van der Waals surface area contributed by atoms with E-state index in [1.54, 1.807) is 13.8 Å². The minimum atomic E-state index is -0.867. The Morgan fingerprint density at radius 3 is 2.60 bits per heavy atom. The highest BCUT2D eigenvalue weighted by atomic mass is 16.3. The van der Waals surface area contributed by atoms with Crippen molar-refractivity contribution in [3.8, 4) is 0 Å². The number of rotatable bonds is 4. The Morgan fingerprint density at radius 2 is 2.07 bits per heavy atom. The summed E-state index contributed by atoms with van der Waals surface area (Å²) in [6, 6.07) is 6.18. The van der Waals surface area contributed by atoms with E-state index in [0.717, 1.165) is 12.2 Å². The fraction of sp³-hybridized carbons (Fsp3) is 0.583. The van der Waals surface area contributed by atoms with Crippen LogP contribution in [0.1, 0.15) is 39.1 Å². The van der Waals surface area contributed by atoms with Gasteiger partial charge in [0, 0.05) is 12.6 Å². The van der Waals surface area contributed by atoms with Crippen LogP contribution in [0, 0.1) is 0 Å². The second-order valence-electron chi connectivity index (χ2n) is 4.61. The second-order valence-corrected chi connectivity index (χ2v) is 4.61. The average Bonchev–Trinajstić information content (AvgIpc) is 2.14. The average molecular weight is 208 g/mol. The number of hydrogen-bond donors (Lipinski definition) is 2. The van der Waals surface area contributed by atoms with Crippen molar-refractivity contribution in [1.82, 2.24) is 10.3 Å². The zero-order chi connectivity index (χ0) is 11.5. The molecule has 0 aliphatic heterocycles. The van der Waals surface area contributed by atoms with E-state index in [1.807, 2.05) is 18.2 Å². The van der Waals surface area contributed by atoms with E-state index < -0.39 is 5.60 Å². The topological polar surface area (TPSA) is 45.1 Å². The van der Waals surface area contributed by atoms with Gasteiger partial charge in [-0.1, -0.05) is 19.9 Å². The normalized spacial score (nSPS) is 12.1. The van der Waals surface area contributed by atoms with Crippen molar-refractivity contribution in [3.05, 3.63) is 29.6 Å². The molecule has 0 saturated carbocycles. The molecule has 1 rings (SSSR count). The van der Waals surface area contributed by atoms with Gasteiger partial charge in [-0.3, -0.25) is 4.98 Å². The Balaban J connectivity index is 2.75. The molecule has 0 amide bonds. The van der Waals surface area contributed by atoms with Crippen molar-refractivity contribution >= 4 is 0 Å². The van der Waals surface area contributed by atoms with Gasteiger partial charge in [-0.25, -0.2) is 0 Å². The summed E-state index contributed by atoms with van der Waals surface area (Å²) in [6.07, 6.45) is 0. The number of nitrogens with zero attached hydrogens (tertiary/aromatic N) is 1. The molecule has 0 unspecified atom stereocenters. The number of aliphatic hydroxyl groups is 1. The first-order valence-corrected chi connectivity index (χ1v) is 5.32. The van der Waals surface area contributed by atoms with E-state index >= 15 is 0 Å². The summed E-state index contributed by atoms with van der Waals surface area (Å²) >= 11 is 0. The molecule has 1 aromatic rings. The zero-order valence-corrected chi connectivity index (χ0v) is 9.91. The molecular formula is C12H20N2O. The van der Waals surface area contributed by atoms with Crippen LogP contribution in [0.5, 0.6) is 0 Å². The molecule has 0 aliphatic carbocycles. The van der Waals surface area contributed by atoms with Crippen LogP contribution in [-0.2, 0) is 12.1 Å². The van der Waals surface area contributed by atoms with Gasteiger partial charge in [0.25, 0.3) is 0 Å². The molecule has 0 atom stereocenters. The maximum atomic E-state index is 9.81. The van der Waals surface area contributed by atoms with Gasteiger partial charge < -0.3 is 10.4 Å². The quantitative estimate of drug-likeness (QED) is 0.793. The van der Waals surface area contributed by atoms with Crippen LogP contribution in [0.15, 0.2) is 18.2 Å². The summed E-state index contributed by atoms with van der Waals surface area (Å²) in [7, 11) is 0. The van der Waals surface area contributed by atoms with Crippen LogP contribution in [0.4, 0.5) is 0 Å². The summed E-state index contributed by atoms with van der Waals surface area (Å²) in [5.74, 6) is 0. The molecule has 2 N–H and O–H groups in total. The molecule has 15 heavy (non-hydrogen) atoms. The molecule has 1 aromatic heterocycles. The van der Waals surface area contributed by atoms with E-state index in [2.05, 4.69) is 24.1 Å². The molecule has 0 saturated heterocycles. The molecule has 3 heteroatoms. The van der Waals surface area contributed by atoms with E-state index in [4.69, 9.17) is 0 Å². The predicted molar refractivity (Wildman–Crippen MR) is 61.5 cm³/mol. The Bertz CT molecular complexity index is 316. The summed E-state index contributed by atoms with van der Waals surface area (Å²) in [5.41, 5.74) is 0.808. The van der Waals surface area contributed by atoms with Gasteiger partial charge in [0.15, 0.2) is 0 Å². The second kappa shape index (κ2) is 4.73. The smallest absolute Gasteiger partial charge is 0.101 e. The van der Waals surface area contributed by atoms with Crippen molar-refractivity contribution in [2.24, 2.45) is 0 Å². The van der Waals surface area contributed by atoms with Gasteiger partial charge in [-0.05, 0) is 26.0 Å². The summed E-state index contributed by atoms with van der Waals surface area (Å²) in [4.78, 5) is 4.40. The monoisotopic (exact) mass is 208 g/mol. The first-order valence-electron chi connectivity index (χ1n) is 5.32. The van der Waals surface area contributed by atoms with E-state index in [-0.39, 0.29) is 0 Å². The molecule has 0 aliphatic rings. The predicted octanol–water partition coefficient (Wildman–Crippen LogP) is 1.81. The maximum Gasteiger partial charge on any atom is 0.101 e. The molecule has 0 radical (unpaired) electrons. The lowest BCUT2D eigenvalue weighted by atomic mass is 10.0. The Kier molecular flexibility index (Phi) is 3.83. The van der Waals surface area contributed by atoms with Crippen LogP contribution in [0.25, 0.3) is 0 Å². The third-order valence-corrected chi connectivity index (χ3v) is 2.13. The summed E-state index contributed by atoms with van der Waals surface area (Å²) in [5, 5.41) is 13.1. The van der Waals surface area contributed by atoms with Crippen molar-refractivity contribution in [2.45, 2.75) is 45.9 Å². The lowest BCUT2D eigenvalue weighted by Crippen LogP contribution is -2.24. The molecule has 0 aromatic carbocycles. The van der Waals surface area contributed by atoms with Crippen LogP contribution in [-0.4, -0.2) is 16.1 Å². The van der Waals surface area contributed by atoms with Crippen molar-refractivity contribution < 1.29 is 5.11 Å². The van der Waals surface area contributed by atoms with Crippen molar-refractivity contribution in [1.29, 1.82) is 0 Å². The van der Waals surface area contributed by atoms with E-state index in [1.165, 1.54) is 0 Å². The molecule has 84 valence electrons. The van der Waals surface area contributed by atoms with Crippen molar-refractivity contribution in [2.75, 3.05) is 0 Å². The molecular weight excluding hydrogens is 188 g/mol. The van der Waals surface area contributed by atoms with Crippen LogP contribution in [0.3, 0.4) is 0 Å². The Labute approximate surface area is 91.5 Å². The molecule has 3 nitrogen and oxygen atoms in total. The van der Waals surface area contributed by atoms with Gasteiger partial charge in [-0.15, -0.1) is 0 Å². The zero-order valence-electron chi connectivity index (χ0n) is 9.91. The van der Waals surface area contributed by atoms with Crippen molar-refractivity contribution in [3.63, 3.8) is 0 Å². The van der Waals surface area contributed by atoms with Gasteiger partial charge in [-0.2, -0.15) is 0 Å². The largest absolute Gasteiger partial charge is 0.384 e. The minimum Gasteiger partial charge on any atom is -0.384 e. The minimum absolute atomic E-state index is 0.442. The number of nitrogens with one attached hydrogen (secondary N) is 1.